The number of aliphatic hydroxyl groups excluding tert-OH is 4. The number of aliphatic hydroxyl groups is 4. The highest BCUT2D eigenvalue weighted by molar-refractivity contribution is 5.80. The summed E-state index contributed by atoms with van der Waals surface area (Å²) >= 11 is 0. The van der Waals surface area contributed by atoms with Crippen molar-refractivity contribution >= 4 is 5.91 Å². The van der Waals surface area contributed by atoms with Crippen molar-refractivity contribution in [3.63, 3.8) is 0 Å². The molecule has 0 fully saturated rings. The van der Waals surface area contributed by atoms with E-state index in [2.05, 4.69) is 55.6 Å². The highest BCUT2D eigenvalue weighted by Gasteiger charge is 2.28. The summed E-state index contributed by atoms with van der Waals surface area (Å²) in [5.74, 6) is -0.598. The second-order valence-corrected chi connectivity index (χ2v) is 17.8. The summed E-state index contributed by atoms with van der Waals surface area (Å²) in [5.41, 5.74) is 0. The minimum atomic E-state index is -1.29. The number of amides is 1. The molecule has 0 heterocycles. The van der Waals surface area contributed by atoms with Crippen molar-refractivity contribution in [1.82, 2.24) is 5.32 Å². The lowest BCUT2D eigenvalue weighted by atomic mass is 10.00. The van der Waals surface area contributed by atoms with Crippen LogP contribution in [0.4, 0.5) is 0 Å². The van der Waals surface area contributed by atoms with Crippen LogP contribution < -0.4 is 5.32 Å². The predicted octanol–water partition coefficient (Wildman–Crippen LogP) is 14.5. The van der Waals surface area contributed by atoms with Crippen LogP contribution in [-0.4, -0.2) is 57.3 Å². The van der Waals surface area contributed by atoms with E-state index in [-0.39, 0.29) is 0 Å². The van der Waals surface area contributed by atoms with Crippen LogP contribution >= 0.6 is 0 Å². The molecule has 348 valence electrons. The molecule has 0 saturated heterocycles. The Hall–Kier alpha value is -1.47. The summed E-state index contributed by atoms with van der Waals surface area (Å²) in [6.07, 6.45) is 57.7. The zero-order chi connectivity index (χ0) is 43.1. The number of unbranched alkanes of at least 4 members (excludes halogenated alkanes) is 32. The molecule has 0 aromatic heterocycles. The molecule has 6 heteroatoms. The van der Waals surface area contributed by atoms with Gasteiger partial charge in [0, 0.05) is 0 Å². The van der Waals surface area contributed by atoms with E-state index in [1.807, 2.05) is 0 Å². The van der Waals surface area contributed by atoms with Crippen LogP contribution in [-0.2, 0) is 4.79 Å². The molecule has 1 amide bonds. The summed E-state index contributed by atoms with van der Waals surface area (Å²) in [6, 6.07) is -1.01. The lowest BCUT2D eigenvalue weighted by Gasteiger charge is -2.27. The first-order valence-electron chi connectivity index (χ1n) is 25.9. The highest BCUT2D eigenvalue weighted by Crippen LogP contribution is 2.16. The summed E-state index contributed by atoms with van der Waals surface area (Å²) < 4.78 is 0. The average Bonchev–Trinajstić information content (AvgIpc) is 3.24. The van der Waals surface area contributed by atoms with Crippen LogP contribution in [0, 0.1) is 0 Å². The molecule has 0 aliphatic heterocycles. The van der Waals surface area contributed by atoms with Crippen molar-refractivity contribution in [2.24, 2.45) is 0 Å². The maximum absolute atomic E-state index is 12.6. The lowest BCUT2D eigenvalue weighted by Crippen LogP contribution is -2.53. The van der Waals surface area contributed by atoms with E-state index >= 15 is 0 Å². The molecule has 5 N–H and O–H groups in total. The molecule has 0 aliphatic carbocycles. The van der Waals surface area contributed by atoms with Crippen molar-refractivity contribution in [2.75, 3.05) is 6.61 Å². The third-order valence-electron chi connectivity index (χ3n) is 12.1. The molecule has 0 aromatic rings. The largest absolute Gasteiger partial charge is 0.394 e. The number of carbonyl (C=O) groups excluding carboxylic acids is 1. The van der Waals surface area contributed by atoms with Crippen LogP contribution in [0.5, 0.6) is 0 Å². The Morgan fingerprint density at radius 3 is 1.07 bits per heavy atom. The van der Waals surface area contributed by atoms with Crippen LogP contribution in [0.2, 0.25) is 0 Å². The van der Waals surface area contributed by atoms with Gasteiger partial charge in [-0.3, -0.25) is 4.79 Å². The highest BCUT2D eigenvalue weighted by atomic mass is 16.3. The zero-order valence-corrected chi connectivity index (χ0v) is 39.3. The Morgan fingerprint density at radius 2 is 0.712 bits per heavy atom. The molecule has 0 aliphatic rings. The second kappa shape index (κ2) is 47.6. The number of nitrogens with one attached hydrogen (secondary N) is 1. The van der Waals surface area contributed by atoms with Gasteiger partial charge < -0.3 is 25.7 Å². The summed E-state index contributed by atoms with van der Waals surface area (Å²) in [5, 5.41) is 43.8. The van der Waals surface area contributed by atoms with E-state index < -0.39 is 36.9 Å². The van der Waals surface area contributed by atoms with Crippen molar-refractivity contribution in [1.29, 1.82) is 0 Å². The third-order valence-corrected chi connectivity index (χ3v) is 12.1. The molecule has 0 radical (unpaired) electrons. The average molecular weight is 832 g/mol. The maximum Gasteiger partial charge on any atom is 0.249 e. The van der Waals surface area contributed by atoms with Crippen LogP contribution in [0.3, 0.4) is 0 Å². The first-order valence-corrected chi connectivity index (χ1v) is 25.9. The molecular formula is C53H101NO5. The van der Waals surface area contributed by atoms with Crippen LogP contribution in [0.15, 0.2) is 36.5 Å². The molecule has 0 spiro atoms. The fourth-order valence-corrected chi connectivity index (χ4v) is 7.95. The van der Waals surface area contributed by atoms with Gasteiger partial charge >= 0.3 is 0 Å². The van der Waals surface area contributed by atoms with Gasteiger partial charge in [-0.25, -0.2) is 0 Å². The van der Waals surface area contributed by atoms with Gasteiger partial charge in [0.05, 0.1) is 18.8 Å². The number of rotatable bonds is 47. The SMILES string of the molecule is CCCCCCCCCCC/C=C/CC/C=C/CCCC(O)C(O)C(CO)NC(=O)C(O)CCCCCCCCCCC/C=C\CCCCCCCCCCCCCC. The quantitative estimate of drug-likeness (QED) is 0.0310. The lowest BCUT2D eigenvalue weighted by molar-refractivity contribution is -0.132. The second-order valence-electron chi connectivity index (χ2n) is 17.8. The molecule has 0 rings (SSSR count). The molecule has 59 heavy (non-hydrogen) atoms. The van der Waals surface area contributed by atoms with Gasteiger partial charge in [0.15, 0.2) is 0 Å². The van der Waals surface area contributed by atoms with E-state index in [1.54, 1.807) is 0 Å². The summed E-state index contributed by atoms with van der Waals surface area (Å²) in [4.78, 5) is 12.6. The molecular weight excluding hydrogens is 731 g/mol. The Bertz CT molecular complexity index is 935. The van der Waals surface area contributed by atoms with Crippen molar-refractivity contribution in [2.45, 2.75) is 289 Å². The first-order chi connectivity index (χ1) is 29.0. The van der Waals surface area contributed by atoms with Gasteiger partial charge in [-0.1, -0.05) is 224 Å². The smallest absolute Gasteiger partial charge is 0.249 e. The number of carbonyl (C=O) groups is 1. The Kier molecular flexibility index (Phi) is 46.4. The molecule has 0 aromatic carbocycles. The van der Waals surface area contributed by atoms with E-state index in [9.17, 15) is 25.2 Å². The van der Waals surface area contributed by atoms with Crippen molar-refractivity contribution < 1.29 is 25.2 Å². The van der Waals surface area contributed by atoms with Gasteiger partial charge in [0.1, 0.15) is 12.2 Å². The third kappa shape index (κ3) is 41.6. The topological polar surface area (TPSA) is 110 Å². The molecule has 4 unspecified atom stereocenters. The van der Waals surface area contributed by atoms with Gasteiger partial charge in [-0.15, -0.1) is 0 Å². The predicted molar refractivity (Wildman–Crippen MR) is 256 cm³/mol. The number of hydrogen-bond donors (Lipinski definition) is 5. The van der Waals surface area contributed by atoms with Crippen LogP contribution in [0.1, 0.15) is 264 Å². The molecule has 6 nitrogen and oxygen atoms in total. The van der Waals surface area contributed by atoms with Gasteiger partial charge in [0.2, 0.25) is 5.91 Å². The van der Waals surface area contributed by atoms with E-state index in [0.29, 0.717) is 19.3 Å². The standard InChI is InChI=1S/C53H101NO5/c1-3-5-7-9-11-13-15-17-19-21-23-24-25-26-27-28-29-31-33-35-37-39-41-43-45-47-51(57)53(59)54-49(48-55)52(58)50(56)46-44-42-40-38-36-34-32-30-22-20-18-16-14-12-10-8-6-4-2/h26-27,30,32,38,40,49-52,55-58H,3-25,28-29,31,33-37,39,41-48H2,1-2H3,(H,54,59)/b27-26-,32-30+,40-38+. The minimum Gasteiger partial charge on any atom is -0.394 e. The summed E-state index contributed by atoms with van der Waals surface area (Å²) in [6.45, 7) is 4.05. The maximum atomic E-state index is 12.6. The Morgan fingerprint density at radius 1 is 0.407 bits per heavy atom. The van der Waals surface area contributed by atoms with Crippen molar-refractivity contribution in [3.8, 4) is 0 Å². The first kappa shape index (κ1) is 57.5. The zero-order valence-electron chi connectivity index (χ0n) is 39.3. The van der Waals surface area contributed by atoms with Gasteiger partial charge in [-0.2, -0.15) is 0 Å². The Labute approximate surface area is 367 Å². The fourth-order valence-electron chi connectivity index (χ4n) is 7.95. The van der Waals surface area contributed by atoms with E-state index in [0.717, 1.165) is 38.5 Å². The number of hydrogen-bond acceptors (Lipinski definition) is 5. The van der Waals surface area contributed by atoms with Gasteiger partial charge in [-0.05, 0) is 77.0 Å². The van der Waals surface area contributed by atoms with E-state index in [4.69, 9.17) is 0 Å². The van der Waals surface area contributed by atoms with E-state index in [1.165, 1.54) is 193 Å². The minimum absolute atomic E-state index is 0.358. The number of allylic oxidation sites excluding steroid dienone is 6. The normalized spacial score (nSPS) is 14.2. The van der Waals surface area contributed by atoms with Crippen LogP contribution in [0.25, 0.3) is 0 Å². The monoisotopic (exact) mass is 832 g/mol. The molecule has 0 saturated carbocycles. The Balaban J connectivity index is 3.71. The summed E-state index contributed by atoms with van der Waals surface area (Å²) in [7, 11) is 0. The molecule has 0 bridgehead atoms. The fraction of sp³-hybridized carbons (Fsp3) is 0.868. The van der Waals surface area contributed by atoms with Crippen molar-refractivity contribution in [3.05, 3.63) is 36.5 Å². The molecule has 4 atom stereocenters. The van der Waals surface area contributed by atoms with Gasteiger partial charge in [0.25, 0.3) is 0 Å².